The van der Waals surface area contributed by atoms with Crippen LogP contribution in [0.15, 0.2) is 42.9 Å². The molecule has 2 heterocycles. The lowest BCUT2D eigenvalue weighted by molar-refractivity contribution is 0.470. The van der Waals surface area contributed by atoms with Crippen molar-refractivity contribution >= 4 is 5.65 Å². The zero-order valence-corrected chi connectivity index (χ0v) is 9.67. The number of fused-ring (bicyclic) bond motifs is 1. The molecular weight excluding hydrogens is 233 g/mol. The third-order valence-corrected chi connectivity index (χ3v) is 2.70. The molecule has 4 nitrogen and oxygen atoms in total. The van der Waals surface area contributed by atoms with Gasteiger partial charge in [-0.25, -0.2) is 13.9 Å². The van der Waals surface area contributed by atoms with Crippen LogP contribution in [0.3, 0.4) is 0 Å². The molecule has 0 fully saturated rings. The topological polar surface area (TPSA) is 39.4 Å². The molecule has 90 valence electrons. The molecule has 0 saturated heterocycles. The predicted octanol–water partition coefficient (Wildman–Crippen LogP) is 2.97. The molecular formula is C13H10FN3O. The molecule has 0 radical (unpaired) electrons. The molecule has 1 aromatic carbocycles. The Morgan fingerprint density at radius 2 is 2.17 bits per heavy atom. The van der Waals surface area contributed by atoms with Crippen molar-refractivity contribution in [2.75, 3.05) is 0 Å². The van der Waals surface area contributed by atoms with Crippen molar-refractivity contribution in [1.29, 1.82) is 0 Å². The zero-order chi connectivity index (χ0) is 12.5. The Bertz CT molecular complexity index is 708. The maximum atomic E-state index is 13.4. The first-order chi connectivity index (χ1) is 8.74. The highest BCUT2D eigenvalue weighted by Gasteiger charge is 2.06. The van der Waals surface area contributed by atoms with Gasteiger partial charge < -0.3 is 4.74 Å². The molecule has 0 aliphatic rings. The molecule has 0 spiro atoms. The van der Waals surface area contributed by atoms with Crippen LogP contribution in [-0.2, 0) is 0 Å². The summed E-state index contributed by atoms with van der Waals surface area (Å²) >= 11 is 0. The molecule has 0 unspecified atom stereocenters. The van der Waals surface area contributed by atoms with E-state index in [1.807, 2.05) is 0 Å². The molecule has 3 rings (SSSR count). The lowest BCUT2D eigenvalue weighted by Crippen LogP contribution is -1.92. The minimum atomic E-state index is -0.281. The molecule has 0 atom stereocenters. The minimum Gasteiger partial charge on any atom is -0.457 e. The van der Waals surface area contributed by atoms with E-state index < -0.39 is 0 Å². The number of benzene rings is 1. The maximum absolute atomic E-state index is 13.4. The number of pyridine rings is 1. The molecule has 3 aromatic rings. The fourth-order valence-electron chi connectivity index (χ4n) is 1.69. The molecule has 0 amide bonds. The van der Waals surface area contributed by atoms with Crippen LogP contribution < -0.4 is 4.74 Å². The maximum Gasteiger partial charge on any atom is 0.158 e. The van der Waals surface area contributed by atoms with E-state index >= 15 is 0 Å². The summed E-state index contributed by atoms with van der Waals surface area (Å²) in [7, 11) is 0. The summed E-state index contributed by atoms with van der Waals surface area (Å²) in [6.07, 6.45) is 3.21. The highest BCUT2D eigenvalue weighted by atomic mass is 19.1. The second kappa shape index (κ2) is 4.10. The Labute approximate surface area is 103 Å². The van der Waals surface area contributed by atoms with Gasteiger partial charge in [-0.05, 0) is 25.1 Å². The summed E-state index contributed by atoms with van der Waals surface area (Å²) in [4.78, 5) is 4.06. The van der Waals surface area contributed by atoms with Gasteiger partial charge in [-0.15, -0.1) is 0 Å². The molecule has 0 aliphatic heterocycles. The Hall–Kier alpha value is -2.43. The Morgan fingerprint density at radius 1 is 1.28 bits per heavy atom. The van der Waals surface area contributed by atoms with E-state index in [1.54, 1.807) is 41.9 Å². The fraction of sp³-hybridized carbons (Fsp3) is 0.0769. The van der Waals surface area contributed by atoms with Crippen molar-refractivity contribution in [3.05, 3.63) is 54.2 Å². The van der Waals surface area contributed by atoms with Crippen LogP contribution in [0.2, 0.25) is 0 Å². The summed E-state index contributed by atoms with van der Waals surface area (Å²) in [5, 5.41) is 3.99. The van der Waals surface area contributed by atoms with E-state index in [4.69, 9.17) is 4.74 Å². The van der Waals surface area contributed by atoms with Gasteiger partial charge in [0, 0.05) is 17.8 Å². The lowest BCUT2D eigenvalue weighted by atomic mass is 10.2. The standard InChI is InChI=1S/C13H10FN3O/c1-9-11(14)3-2-4-12(9)18-10-5-6-17-13(7-10)15-8-16-17/h2-8H,1H3. The van der Waals surface area contributed by atoms with E-state index in [1.165, 1.54) is 12.4 Å². The van der Waals surface area contributed by atoms with Gasteiger partial charge in [0.1, 0.15) is 23.6 Å². The van der Waals surface area contributed by atoms with Crippen LogP contribution in [0, 0.1) is 12.7 Å². The van der Waals surface area contributed by atoms with Gasteiger partial charge in [0.2, 0.25) is 0 Å². The Kier molecular flexibility index (Phi) is 2.44. The first-order valence-corrected chi connectivity index (χ1v) is 5.46. The number of ether oxygens (including phenoxy) is 1. The number of hydrogen-bond acceptors (Lipinski definition) is 3. The van der Waals surface area contributed by atoms with Crippen molar-refractivity contribution < 1.29 is 9.13 Å². The van der Waals surface area contributed by atoms with E-state index in [-0.39, 0.29) is 5.82 Å². The summed E-state index contributed by atoms with van der Waals surface area (Å²) in [5.74, 6) is 0.819. The largest absolute Gasteiger partial charge is 0.457 e. The third kappa shape index (κ3) is 1.79. The highest BCUT2D eigenvalue weighted by molar-refractivity contribution is 5.45. The van der Waals surface area contributed by atoms with Crippen LogP contribution in [0.5, 0.6) is 11.5 Å². The van der Waals surface area contributed by atoms with Gasteiger partial charge in [0.15, 0.2) is 5.65 Å². The molecule has 0 saturated carbocycles. The summed E-state index contributed by atoms with van der Waals surface area (Å²) in [6, 6.07) is 8.26. The SMILES string of the molecule is Cc1c(F)cccc1Oc1ccn2ncnc2c1. The second-order valence-corrected chi connectivity index (χ2v) is 3.89. The third-order valence-electron chi connectivity index (χ3n) is 2.70. The highest BCUT2D eigenvalue weighted by Crippen LogP contribution is 2.26. The zero-order valence-electron chi connectivity index (χ0n) is 9.67. The fourth-order valence-corrected chi connectivity index (χ4v) is 1.69. The van der Waals surface area contributed by atoms with Crippen LogP contribution in [0.25, 0.3) is 5.65 Å². The average Bonchev–Trinajstić information content (AvgIpc) is 2.82. The van der Waals surface area contributed by atoms with Crippen molar-refractivity contribution in [2.45, 2.75) is 6.92 Å². The van der Waals surface area contributed by atoms with Gasteiger partial charge in [-0.3, -0.25) is 0 Å². The van der Waals surface area contributed by atoms with Crippen molar-refractivity contribution in [2.24, 2.45) is 0 Å². The second-order valence-electron chi connectivity index (χ2n) is 3.89. The van der Waals surface area contributed by atoms with E-state index in [2.05, 4.69) is 10.1 Å². The van der Waals surface area contributed by atoms with Gasteiger partial charge >= 0.3 is 0 Å². The van der Waals surface area contributed by atoms with E-state index in [0.717, 1.165) is 0 Å². The van der Waals surface area contributed by atoms with Gasteiger partial charge in [0.05, 0.1) is 0 Å². The van der Waals surface area contributed by atoms with E-state index in [0.29, 0.717) is 22.7 Å². The number of rotatable bonds is 2. The van der Waals surface area contributed by atoms with Gasteiger partial charge in [-0.1, -0.05) is 6.07 Å². The van der Waals surface area contributed by atoms with Crippen LogP contribution in [-0.4, -0.2) is 14.6 Å². The Balaban J connectivity index is 1.98. The van der Waals surface area contributed by atoms with Crippen molar-refractivity contribution in [3.8, 4) is 11.5 Å². The minimum absolute atomic E-state index is 0.281. The van der Waals surface area contributed by atoms with Crippen LogP contribution in [0.4, 0.5) is 4.39 Å². The molecule has 0 aliphatic carbocycles. The van der Waals surface area contributed by atoms with Gasteiger partial charge in [0.25, 0.3) is 0 Å². The first kappa shape index (κ1) is 10.7. The molecule has 0 bridgehead atoms. The summed E-state index contributed by atoms with van der Waals surface area (Å²) in [6.45, 7) is 1.68. The molecule has 18 heavy (non-hydrogen) atoms. The van der Waals surface area contributed by atoms with E-state index in [9.17, 15) is 4.39 Å². The summed E-state index contributed by atoms with van der Waals surface area (Å²) in [5.41, 5.74) is 1.17. The molecule has 0 N–H and O–H groups in total. The number of hydrogen-bond donors (Lipinski definition) is 0. The van der Waals surface area contributed by atoms with Crippen molar-refractivity contribution in [1.82, 2.24) is 14.6 Å². The first-order valence-electron chi connectivity index (χ1n) is 5.46. The molecule has 2 aromatic heterocycles. The smallest absolute Gasteiger partial charge is 0.158 e. The lowest BCUT2D eigenvalue weighted by Gasteiger charge is -2.08. The van der Waals surface area contributed by atoms with Crippen molar-refractivity contribution in [3.63, 3.8) is 0 Å². The van der Waals surface area contributed by atoms with Crippen LogP contribution in [0.1, 0.15) is 5.56 Å². The number of halogens is 1. The Morgan fingerprint density at radius 3 is 3.06 bits per heavy atom. The molecule has 5 heteroatoms. The number of aromatic nitrogens is 3. The normalized spacial score (nSPS) is 10.8. The summed E-state index contributed by atoms with van der Waals surface area (Å²) < 4.78 is 20.7. The van der Waals surface area contributed by atoms with Crippen LogP contribution >= 0.6 is 0 Å². The average molecular weight is 243 g/mol. The quantitative estimate of drug-likeness (QED) is 0.694. The predicted molar refractivity (Wildman–Crippen MR) is 64.2 cm³/mol. The van der Waals surface area contributed by atoms with Gasteiger partial charge in [-0.2, -0.15) is 5.10 Å². The monoisotopic (exact) mass is 243 g/mol. The number of nitrogens with zero attached hydrogens (tertiary/aromatic N) is 3.